The summed E-state index contributed by atoms with van der Waals surface area (Å²) in [5.41, 5.74) is 1.92. The lowest BCUT2D eigenvalue weighted by molar-refractivity contribution is -0.120. The largest absolute Gasteiger partial charge is 0.416 e. The Balaban J connectivity index is 1.54. The van der Waals surface area contributed by atoms with E-state index in [1.807, 2.05) is 37.3 Å². The van der Waals surface area contributed by atoms with Crippen LogP contribution in [-0.2, 0) is 11.2 Å². The lowest BCUT2D eigenvalue weighted by Gasteiger charge is -2.16. The summed E-state index contributed by atoms with van der Waals surface area (Å²) in [6, 6.07) is 15.7. The van der Waals surface area contributed by atoms with Gasteiger partial charge in [-0.2, -0.15) is 0 Å². The molecule has 0 aliphatic rings. The lowest BCUT2D eigenvalue weighted by Crippen LogP contribution is -2.33. The fourth-order valence-corrected chi connectivity index (χ4v) is 3.21. The quantitative estimate of drug-likeness (QED) is 0.619. The van der Waals surface area contributed by atoms with Crippen LogP contribution in [0.5, 0.6) is 0 Å². The van der Waals surface area contributed by atoms with E-state index in [9.17, 15) is 9.18 Å². The minimum Gasteiger partial charge on any atom is -0.416 e. The second-order valence-electron chi connectivity index (χ2n) is 6.17. The lowest BCUT2D eigenvalue weighted by atomic mass is 10.1. The van der Waals surface area contributed by atoms with Crippen molar-refractivity contribution in [2.75, 3.05) is 0 Å². The van der Waals surface area contributed by atoms with Crippen LogP contribution in [0.3, 0.4) is 0 Å². The summed E-state index contributed by atoms with van der Waals surface area (Å²) in [5.74, 6) is 0.0551. The van der Waals surface area contributed by atoms with Crippen molar-refractivity contribution in [3.8, 4) is 0 Å². The summed E-state index contributed by atoms with van der Waals surface area (Å²) >= 11 is 1.21. The predicted molar refractivity (Wildman–Crippen MR) is 102 cm³/mol. The summed E-state index contributed by atoms with van der Waals surface area (Å²) in [6.45, 7) is 3.63. The summed E-state index contributed by atoms with van der Waals surface area (Å²) in [7, 11) is 0. The van der Waals surface area contributed by atoms with Crippen molar-refractivity contribution in [3.05, 3.63) is 77.4 Å². The van der Waals surface area contributed by atoms with Crippen molar-refractivity contribution >= 4 is 17.7 Å². The molecule has 3 aromatic rings. The maximum absolute atomic E-state index is 13.0. The Morgan fingerprint density at radius 3 is 2.52 bits per heavy atom. The van der Waals surface area contributed by atoms with Gasteiger partial charge in [-0.1, -0.05) is 54.2 Å². The third-order valence-corrected chi connectivity index (χ3v) is 4.96. The summed E-state index contributed by atoms with van der Waals surface area (Å²) in [6.07, 6.45) is 0.552. The molecule has 1 aromatic heterocycles. The van der Waals surface area contributed by atoms with E-state index in [1.54, 1.807) is 19.1 Å². The van der Waals surface area contributed by atoms with Crippen LogP contribution in [0.15, 0.2) is 64.2 Å². The molecular weight excluding hydrogens is 365 g/mol. The normalized spacial score (nSPS) is 13.1. The number of halogens is 1. The molecule has 1 heterocycles. The van der Waals surface area contributed by atoms with Gasteiger partial charge in [0.1, 0.15) is 5.82 Å². The molecule has 1 amide bonds. The summed E-state index contributed by atoms with van der Waals surface area (Å²) < 4.78 is 18.6. The monoisotopic (exact) mass is 385 g/mol. The third kappa shape index (κ3) is 5.40. The molecule has 5 nitrogen and oxygen atoms in total. The first kappa shape index (κ1) is 19.1. The molecule has 0 radical (unpaired) electrons. The number of thioether (sulfide) groups is 1. The van der Waals surface area contributed by atoms with Gasteiger partial charge < -0.3 is 9.73 Å². The molecular formula is C20H20FN3O2S. The molecule has 140 valence electrons. The van der Waals surface area contributed by atoms with Gasteiger partial charge in [0.2, 0.25) is 11.8 Å². The van der Waals surface area contributed by atoms with Crippen molar-refractivity contribution in [3.63, 3.8) is 0 Å². The van der Waals surface area contributed by atoms with Gasteiger partial charge in [-0.25, -0.2) is 4.39 Å². The smallest absolute Gasteiger partial charge is 0.277 e. The van der Waals surface area contributed by atoms with Gasteiger partial charge >= 0.3 is 0 Å². The first-order chi connectivity index (χ1) is 13.0. The van der Waals surface area contributed by atoms with E-state index in [4.69, 9.17) is 4.42 Å². The standard InChI is InChI=1S/C20H20FN3O2S/c1-13(16-8-10-17(21)11-9-16)22-19(25)14(2)27-20-24-23-18(26-20)12-15-6-4-3-5-7-15/h3-11,13-14H,12H2,1-2H3,(H,22,25)/t13-,14+/m1/s1. The minimum absolute atomic E-state index is 0.153. The number of nitrogens with one attached hydrogen (secondary N) is 1. The van der Waals surface area contributed by atoms with Crippen LogP contribution >= 0.6 is 11.8 Å². The van der Waals surface area contributed by atoms with Gasteiger partial charge in [0.05, 0.1) is 17.7 Å². The summed E-state index contributed by atoms with van der Waals surface area (Å²) in [5, 5.41) is 10.9. The van der Waals surface area contributed by atoms with Crippen LogP contribution in [0.2, 0.25) is 0 Å². The SMILES string of the molecule is C[C@H](Sc1nnc(Cc2ccccc2)o1)C(=O)N[C@H](C)c1ccc(F)cc1. The molecule has 2 atom stereocenters. The van der Waals surface area contributed by atoms with E-state index in [0.29, 0.717) is 17.5 Å². The molecule has 0 fully saturated rings. The van der Waals surface area contributed by atoms with Crippen molar-refractivity contribution in [2.45, 2.75) is 36.8 Å². The molecule has 0 spiro atoms. The van der Waals surface area contributed by atoms with Gasteiger partial charge in [0.15, 0.2) is 0 Å². The first-order valence-corrected chi connectivity index (χ1v) is 9.48. The van der Waals surface area contributed by atoms with E-state index in [-0.39, 0.29) is 17.8 Å². The zero-order valence-corrected chi connectivity index (χ0v) is 15.9. The zero-order valence-electron chi connectivity index (χ0n) is 15.1. The van der Waals surface area contributed by atoms with Gasteiger partial charge in [-0.3, -0.25) is 4.79 Å². The number of hydrogen-bond donors (Lipinski definition) is 1. The van der Waals surface area contributed by atoms with E-state index >= 15 is 0 Å². The number of hydrogen-bond acceptors (Lipinski definition) is 5. The highest BCUT2D eigenvalue weighted by Crippen LogP contribution is 2.23. The molecule has 0 aliphatic carbocycles. The van der Waals surface area contributed by atoms with Crippen molar-refractivity contribution in [1.82, 2.24) is 15.5 Å². The second kappa shape index (κ2) is 8.81. The molecule has 27 heavy (non-hydrogen) atoms. The predicted octanol–water partition coefficient (Wildman–Crippen LogP) is 4.16. The first-order valence-electron chi connectivity index (χ1n) is 8.60. The topological polar surface area (TPSA) is 68.0 Å². The van der Waals surface area contributed by atoms with Crippen LogP contribution < -0.4 is 5.32 Å². The highest BCUT2D eigenvalue weighted by molar-refractivity contribution is 8.00. The van der Waals surface area contributed by atoms with E-state index < -0.39 is 5.25 Å². The van der Waals surface area contributed by atoms with Gasteiger partial charge in [0.25, 0.3) is 5.22 Å². The van der Waals surface area contributed by atoms with Gasteiger partial charge in [0, 0.05) is 0 Å². The Bertz CT molecular complexity index is 884. The van der Waals surface area contributed by atoms with Crippen LogP contribution in [0.4, 0.5) is 4.39 Å². The van der Waals surface area contributed by atoms with Crippen molar-refractivity contribution < 1.29 is 13.6 Å². The molecule has 3 rings (SSSR count). The van der Waals surface area contributed by atoms with Crippen LogP contribution in [0, 0.1) is 5.82 Å². The number of amides is 1. The van der Waals surface area contributed by atoms with Gasteiger partial charge in [-0.05, 0) is 37.1 Å². The van der Waals surface area contributed by atoms with E-state index in [0.717, 1.165) is 11.1 Å². The second-order valence-corrected chi connectivity index (χ2v) is 7.46. The van der Waals surface area contributed by atoms with E-state index in [1.165, 1.54) is 23.9 Å². The molecule has 7 heteroatoms. The van der Waals surface area contributed by atoms with Crippen LogP contribution in [-0.4, -0.2) is 21.4 Å². The molecule has 0 unspecified atom stereocenters. The highest BCUT2D eigenvalue weighted by atomic mass is 32.2. The van der Waals surface area contributed by atoms with Gasteiger partial charge in [-0.15, -0.1) is 10.2 Å². The number of rotatable bonds is 7. The average Bonchev–Trinajstić information content (AvgIpc) is 3.09. The number of nitrogens with zero attached hydrogens (tertiary/aromatic N) is 2. The number of aromatic nitrogens is 2. The van der Waals surface area contributed by atoms with Crippen molar-refractivity contribution in [1.29, 1.82) is 0 Å². The Morgan fingerprint density at radius 1 is 1.11 bits per heavy atom. The molecule has 1 N–H and O–H groups in total. The Morgan fingerprint density at radius 2 is 1.81 bits per heavy atom. The highest BCUT2D eigenvalue weighted by Gasteiger charge is 2.20. The fraction of sp³-hybridized carbons (Fsp3) is 0.250. The molecule has 2 aromatic carbocycles. The van der Waals surface area contributed by atoms with Crippen molar-refractivity contribution in [2.24, 2.45) is 0 Å². The average molecular weight is 385 g/mol. The molecule has 0 saturated carbocycles. The minimum atomic E-state index is -0.405. The number of benzene rings is 2. The maximum Gasteiger partial charge on any atom is 0.277 e. The van der Waals surface area contributed by atoms with Crippen LogP contribution in [0.1, 0.15) is 36.9 Å². The third-order valence-electron chi connectivity index (χ3n) is 4.02. The summed E-state index contributed by atoms with van der Waals surface area (Å²) in [4.78, 5) is 12.4. The van der Waals surface area contributed by atoms with E-state index in [2.05, 4.69) is 15.5 Å². The number of carbonyl (C=O) groups excluding carboxylic acids is 1. The Hall–Kier alpha value is -2.67. The Labute approximate surface area is 161 Å². The fourth-order valence-electron chi connectivity index (χ4n) is 2.50. The van der Waals surface area contributed by atoms with Crippen LogP contribution in [0.25, 0.3) is 0 Å². The molecule has 0 aliphatic heterocycles. The maximum atomic E-state index is 13.0. The molecule has 0 bridgehead atoms. The Kier molecular flexibility index (Phi) is 6.24. The number of carbonyl (C=O) groups is 1. The molecule has 0 saturated heterocycles. The zero-order chi connectivity index (χ0) is 19.2.